The van der Waals surface area contributed by atoms with Gasteiger partial charge in [-0.05, 0) is 12.8 Å². The Labute approximate surface area is 208 Å². The number of hydrogen-bond donors (Lipinski definition) is 4. The van der Waals surface area contributed by atoms with Crippen LogP contribution in [0.2, 0.25) is 0 Å². The molecule has 0 aromatic heterocycles. The molecule has 34 heavy (non-hydrogen) atoms. The quantitative estimate of drug-likeness (QED) is 0.0862. The second kappa shape index (κ2) is 27.6. The third-order valence-corrected chi connectivity index (χ3v) is 5.99. The predicted molar refractivity (Wildman–Crippen MR) is 140 cm³/mol. The monoisotopic (exact) mass is 484 g/mol. The molecule has 0 aliphatic rings. The van der Waals surface area contributed by atoms with Gasteiger partial charge in [0.05, 0.1) is 11.7 Å². The molecule has 0 aliphatic heterocycles. The van der Waals surface area contributed by atoms with Gasteiger partial charge in [-0.1, -0.05) is 129 Å². The largest absolute Gasteiger partial charge is 0.478 e. The van der Waals surface area contributed by atoms with Crippen molar-refractivity contribution in [3.8, 4) is 0 Å². The number of rotatable bonds is 24. The first-order chi connectivity index (χ1) is 16.4. The Morgan fingerprint density at radius 2 is 0.882 bits per heavy atom. The van der Waals surface area contributed by atoms with Gasteiger partial charge in [-0.3, -0.25) is 0 Å². The minimum Gasteiger partial charge on any atom is -0.478 e. The molecule has 200 valence electrons. The van der Waals surface area contributed by atoms with Crippen molar-refractivity contribution in [2.24, 2.45) is 0 Å². The van der Waals surface area contributed by atoms with E-state index in [0.717, 1.165) is 25.3 Å². The summed E-state index contributed by atoms with van der Waals surface area (Å²) >= 11 is 0. The van der Waals surface area contributed by atoms with E-state index in [0.29, 0.717) is 13.0 Å². The number of carboxylic acid groups (broad SMARTS) is 2. The molecular weight excluding hydrogens is 432 g/mol. The van der Waals surface area contributed by atoms with Crippen LogP contribution in [0.3, 0.4) is 0 Å². The minimum absolute atomic E-state index is 0.0877. The van der Waals surface area contributed by atoms with Crippen LogP contribution < -0.4 is 0 Å². The van der Waals surface area contributed by atoms with Crippen LogP contribution in [0.15, 0.2) is 24.8 Å². The van der Waals surface area contributed by atoms with Gasteiger partial charge in [-0.25, -0.2) is 9.59 Å². The summed E-state index contributed by atoms with van der Waals surface area (Å²) in [7, 11) is 0. The van der Waals surface area contributed by atoms with Gasteiger partial charge >= 0.3 is 11.9 Å². The van der Waals surface area contributed by atoms with Crippen molar-refractivity contribution in [2.45, 2.75) is 135 Å². The fraction of sp³-hybridized carbons (Fsp3) is 0.786. The van der Waals surface area contributed by atoms with Gasteiger partial charge in [0.2, 0.25) is 0 Å². The highest BCUT2D eigenvalue weighted by atomic mass is 16.4. The van der Waals surface area contributed by atoms with Crippen molar-refractivity contribution in [3.05, 3.63) is 24.8 Å². The highest BCUT2D eigenvalue weighted by molar-refractivity contribution is 5.86. The molecule has 0 aromatic carbocycles. The van der Waals surface area contributed by atoms with E-state index in [1.54, 1.807) is 0 Å². The van der Waals surface area contributed by atoms with Gasteiger partial charge in [0, 0.05) is 12.7 Å². The van der Waals surface area contributed by atoms with Crippen LogP contribution >= 0.6 is 0 Å². The summed E-state index contributed by atoms with van der Waals surface area (Å²) in [5.74, 6) is -2.08. The third kappa shape index (κ3) is 28.4. The van der Waals surface area contributed by atoms with Gasteiger partial charge in [0.15, 0.2) is 0 Å². The number of aliphatic hydroxyl groups excluding tert-OH is 2. The summed E-state index contributed by atoms with van der Waals surface area (Å²) in [6, 6.07) is 0. The average molecular weight is 485 g/mol. The van der Waals surface area contributed by atoms with Crippen molar-refractivity contribution in [2.75, 3.05) is 6.61 Å². The smallest absolute Gasteiger partial charge is 0.333 e. The predicted octanol–water partition coefficient (Wildman–Crippen LogP) is 7.04. The standard InChI is InChI=1S/C25H48O4.C3H4O2/c1-23(25(28)29)24(27)21-19-17-15-13-11-9-7-5-3-2-4-6-8-10-12-14-16-18-20-22-26;1-2-3(4)5/h24,26-27H,1-22H2,(H,28,29);2H,1H2,(H,4,5). The Balaban J connectivity index is 0. The van der Waals surface area contributed by atoms with Gasteiger partial charge in [-0.15, -0.1) is 0 Å². The second-order valence-corrected chi connectivity index (χ2v) is 9.12. The van der Waals surface area contributed by atoms with E-state index < -0.39 is 18.0 Å². The number of carbonyl (C=O) groups is 2. The molecule has 0 saturated carbocycles. The van der Waals surface area contributed by atoms with Crippen LogP contribution in [-0.4, -0.2) is 45.1 Å². The Morgan fingerprint density at radius 1 is 0.618 bits per heavy atom. The van der Waals surface area contributed by atoms with Crippen LogP contribution in [0.1, 0.15) is 128 Å². The molecule has 0 bridgehead atoms. The zero-order chi connectivity index (χ0) is 25.9. The van der Waals surface area contributed by atoms with Crippen molar-refractivity contribution >= 4 is 11.9 Å². The van der Waals surface area contributed by atoms with Gasteiger partial charge in [0.1, 0.15) is 0 Å². The van der Waals surface area contributed by atoms with Crippen LogP contribution in [0.5, 0.6) is 0 Å². The zero-order valence-corrected chi connectivity index (χ0v) is 21.5. The molecule has 0 heterocycles. The van der Waals surface area contributed by atoms with Gasteiger partial charge in [-0.2, -0.15) is 0 Å². The van der Waals surface area contributed by atoms with Crippen LogP contribution in [0.25, 0.3) is 0 Å². The molecule has 0 rings (SSSR count). The topological polar surface area (TPSA) is 115 Å². The highest BCUT2D eigenvalue weighted by Gasteiger charge is 2.14. The molecule has 0 aromatic rings. The van der Waals surface area contributed by atoms with Crippen molar-refractivity contribution in [3.63, 3.8) is 0 Å². The summed E-state index contributed by atoms with van der Waals surface area (Å²) < 4.78 is 0. The first kappa shape index (κ1) is 34.5. The van der Waals surface area contributed by atoms with E-state index in [2.05, 4.69) is 13.2 Å². The normalized spacial score (nSPS) is 11.4. The molecule has 6 nitrogen and oxygen atoms in total. The molecule has 0 saturated heterocycles. The van der Waals surface area contributed by atoms with E-state index in [1.807, 2.05) is 0 Å². The molecular formula is C28H52O6. The van der Waals surface area contributed by atoms with Crippen molar-refractivity contribution in [1.29, 1.82) is 0 Å². The maximum Gasteiger partial charge on any atom is 0.333 e. The lowest BCUT2D eigenvalue weighted by Gasteiger charge is -2.09. The molecule has 0 radical (unpaired) electrons. The van der Waals surface area contributed by atoms with E-state index >= 15 is 0 Å². The second-order valence-electron chi connectivity index (χ2n) is 9.12. The lowest BCUT2D eigenvalue weighted by molar-refractivity contribution is -0.134. The summed E-state index contributed by atoms with van der Waals surface area (Å²) in [5.41, 5.74) is -0.0877. The SMILES string of the molecule is C=C(C(=O)O)C(O)CCCCCCCCCCCCCCCCCCCCCO.C=CC(=O)O. The number of hydrogen-bond acceptors (Lipinski definition) is 4. The Kier molecular flexibility index (Phi) is 28.0. The number of aliphatic hydroxyl groups is 2. The minimum atomic E-state index is -1.10. The summed E-state index contributed by atoms with van der Waals surface area (Å²) in [6.45, 7) is 6.71. The Bertz CT molecular complexity index is 503. The summed E-state index contributed by atoms with van der Waals surface area (Å²) in [6.07, 6.45) is 24.6. The Morgan fingerprint density at radius 3 is 1.12 bits per heavy atom. The van der Waals surface area contributed by atoms with E-state index in [-0.39, 0.29) is 5.57 Å². The van der Waals surface area contributed by atoms with Crippen molar-refractivity contribution in [1.82, 2.24) is 0 Å². The fourth-order valence-electron chi connectivity index (χ4n) is 3.77. The molecule has 0 spiro atoms. The average Bonchev–Trinajstić information content (AvgIpc) is 2.82. The highest BCUT2D eigenvalue weighted by Crippen LogP contribution is 2.15. The maximum absolute atomic E-state index is 10.7. The molecule has 0 amide bonds. The maximum atomic E-state index is 10.7. The summed E-state index contributed by atoms with van der Waals surface area (Å²) in [5, 5.41) is 34.7. The zero-order valence-electron chi connectivity index (χ0n) is 21.5. The first-order valence-corrected chi connectivity index (χ1v) is 13.4. The van der Waals surface area contributed by atoms with Crippen LogP contribution in [-0.2, 0) is 9.59 Å². The van der Waals surface area contributed by atoms with Gasteiger partial charge < -0.3 is 20.4 Å². The van der Waals surface area contributed by atoms with Crippen molar-refractivity contribution < 1.29 is 30.0 Å². The Hall–Kier alpha value is -1.66. The molecule has 6 heteroatoms. The molecule has 1 atom stereocenters. The van der Waals surface area contributed by atoms with Crippen LogP contribution in [0, 0.1) is 0 Å². The van der Waals surface area contributed by atoms with Crippen LogP contribution in [0.4, 0.5) is 0 Å². The van der Waals surface area contributed by atoms with E-state index in [9.17, 15) is 14.7 Å². The lowest BCUT2D eigenvalue weighted by Crippen LogP contribution is -2.16. The lowest BCUT2D eigenvalue weighted by atomic mass is 10.0. The summed E-state index contributed by atoms with van der Waals surface area (Å²) in [4.78, 5) is 19.9. The van der Waals surface area contributed by atoms with E-state index in [4.69, 9.17) is 15.3 Å². The number of aliphatic carboxylic acids is 2. The molecule has 0 fully saturated rings. The third-order valence-electron chi connectivity index (χ3n) is 5.99. The number of carboxylic acids is 2. The number of unbranched alkanes of at least 4 members (excludes halogenated alkanes) is 18. The fourth-order valence-corrected chi connectivity index (χ4v) is 3.77. The van der Waals surface area contributed by atoms with Gasteiger partial charge in [0.25, 0.3) is 0 Å². The molecule has 0 aliphatic carbocycles. The molecule has 4 N–H and O–H groups in total. The van der Waals surface area contributed by atoms with E-state index in [1.165, 1.54) is 103 Å². The molecule has 1 unspecified atom stereocenters. The first-order valence-electron chi connectivity index (χ1n) is 13.4.